The number of phosphoric acid groups is 1. The third kappa shape index (κ3) is 32.5. The minimum absolute atomic E-state index is 0.0325. The molecule has 0 aliphatic carbocycles. The number of carbonyl (C=O) groups excluding carboxylic acids is 2. The maximum absolute atomic E-state index is 12.5. The first-order valence-electron chi connectivity index (χ1n) is 17.9. The molecule has 0 saturated heterocycles. The number of hydrogen-bond acceptors (Lipinski definition) is 7. The second-order valence-corrected chi connectivity index (χ2v) is 14.7. The summed E-state index contributed by atoms with van der Waals surface area (Å²) in [6.45, 7) is 4.34. The zero-order chi connectivity index (χ0) is 33.7. The standard InChI is InChI=1S/C35H68NO8P/c1-6-8-10-12-14-16-18-20-22-24-26-28-35(38)44-33(32-43-45(39,40)42-30-29-36(3,4)5)31-41-34(37)27-25-23-21-19-17-15-13-11-9-7-2/h12,14,33H,6-11,13,15-32H2,1-5H3/p+1/b14-12+/t33-/m1/s1. The number of quaternary nitrogens is 1. The predicted molar refractivity (Wildman–Crippen MR) is 183 cm³/mol. The van der Waals surface area contributed by atoms with Gasteiger partial charge in [-0.25, -0.2) is 4.57 Å². The summed E-state index contributed by atoms with van der Waals surface area (Å²) >= 11 is 0. The topological polar surface area (TPSA) is 108 Å². The largest absolute Gasteiger partial charge is 0.472 e. The maximum atomic E-state index is 12.5. The lowest BCUT2D eigenvalue weighted by molar-refractivity contribution is -0.870. The van der Waals surface area contributed by atoms with Crippen LogP contribution in [-0.2, 0) is 32.7 Å². The molecule has 0 saturated carbocycles. The Morgan fingerprint density at radius 3 is 1.71 bits per heavy atom. The molecule has 0 aliphatic heterocycles. The average Bonchev–Trinajstić information content (AvgIpc) is 2.97. The molecule has 2 atom stereocenters. The molecular formula is C35H69NO8P+. The molecule has 0 amide bonds. The van der Waals surface area contributed by atoms with Crippen molar-refractivity contribution in [3.05, 3.63) is 12.2 Å². The fourth-order valence-electron chi connectivity index (χ4n) is 4.64. The van der Waals surface area contributed by atoms with E-state index in [2.05, 4.69) is 26.0 Å². The highest BCUT2D eigenvalue weighted by Crippen LogP contribution is 2.43. The van der Waals surface area contributed by atoms with Gasteiger partial charge in [0.15, 0.2) is 6.10 Å². The molecule has 0 fully saturated rings. The van der Waals surface area contributed by atoms with Crippen molar-refractivity contribution in [2.24, 2.45) is 0 Å². The van der Waals surface area contributed by atoms with Crippen molar-refractivity contribution in [3.8, 4) is 0 Å². The van der Waals surface area contributed by atoms with Gasteiger partial charge in [-0.05, 0) is 32.1 Å². The van der Waals surface area contributed by atoms with Gasteiger partial charge in [-0.3, -0.25) is 18.6 Å². The molecule has 0 spiro atoms. The van der Waals surface area contributed by atoms with Gasteiger partial charge in [0.25, 0.3) is 0 Å². The number of hydrogen-bond donors (Lipinski definition) is 1. The summed E-state index contributed by atoms with van der Waals surface area (Å²) in [6, 6.07) is 0. The van der Waals surface area contributed by atoms with Crippen molar-refractivity contribution in [1.29, 1.82) is 0 Å². The van der Waals surface area contributed by atoms with Crippen molar-refractivity contribution in [2.75, 3.05) is 47.5 Å². The summed E-state index contributed by atoms with van der Waals surface area (Å²) in [6.07, 6.45) is 25.5. The zero-order valence-electron chi connectivity index (χ0n) is 29.6. The summed E-state index contributed by atoms with van der Waals surface area (Å²) in [5, 5.41) is 0. The number of nitrogens with zero attached hydrogens (tertiary/aromatic N) is 1. The normalized spacial score (nSPS) is 14.0. The Balaban J connectivity index is 4.49. The molecule has 0 aromatic carbocycles. The third-order valence-corrected chi connectivity index (χ3v) is 8.53. The zero-order valence-corrected chi connectivity index (χ0v) is 30.5. The van der Waals surface area contributed by atoms with Gasteiger partial charge in [-0.15, -0.1) is 0 Å². The van der Waals surface area contributed by atoms with E-state index in [1.807, 2.05) is 21.1 Å². The van der Waals surface area contributed by atoms with E-state index in [0.29, 0.717) is 23.9 Å². The number of rotatable bonds is 32. The van der Waals surface area contributed by atoms with E-state index in [-0.39, 0.29) is 25.6 Å². The van der Waals surface area contributed by atoms with Gasteiger partial charge >= 0.3 is 19.8 Å². The second kappa shape index (κ2) is 28.9. The summed E-state index contributed by atoms with van der Waals surface area (Å²) in [7, 11) is 1.47. The number of ether oxygens (including phenoxy) is 2. The van der Waals surface area contributed by atoms with Crippen LogP contribution >= 0.6 is 7.82 Å². The van der Waals surface area contributed by atoms with Crippen LogP contribution in [0.1, 0.15) is 149 Å². The Kier molecular flexibility index (Phi) is 28.1. The van der Waals surface area contributed by atoms with Gasteiger partial charge < -0.3 is 18.9 Å². The molecule has 0 rings (SSSR count). The Hall–Kier alpha value is -1.25. The molecule has 10 heteroatoms. The fourth-order valence-corrected chi connectivity index (χ4v) is 5.38. The lowest BCUT2D eigenvalue weighted by Crippen LogP contribution is -2.37. The smallest absolute Gasteiger partial charge is 0.462 e. The number of carbonyl (C=O) groups is 2. The Bertz CT molecular complexity index is 799. The highest BCUT2D eigenvalue weighted by molar-refractivity contribution is 7.47. The van der Waals surface area contributed by atoms with Crippen molar-refractivity contribution < 1.29 is 42.1 Å². The van der Waals surface area contributed by atoms with Gasteiger partial charge in [0.1, 0.15) is 19.8 Å². The van der Waals surface area contributed by atoms with Gasteiger partial charge in [-0.2, -0.15) is 0 Å². The minimum atomic E-state index is -4.36. The van der Waals surface area contributed by atoms with Gasteiger partial charge in [-0.1, -0.05) is 116 Å². The van der Waals surface area contributed by atoms with Gasteiger partial charge in [0, 0.05) is 12.8 Å². The summed E-state index contributed by atoms with van der Waals surface area (Å²) < 4.78 is 34.0. The SMILES string of the molecule is CCCC/C=C/CCCCCCCC(=O)O[C@H](COC(=O)CCCCCCCCCCCC)COP(=O)(O)OCC[N+](C)(C)C. The maximum Gasteiger partial charge on any atom is 0.472 e. The highest BCUT2D eigenvalue weighted by Gasteiger charge is 2.27. The first kappa shape index (κ1) is 43.8. The molecule has 1 unspecified atom stereocenters. The van der Waals surface area contributed by atoms with E-state index in [0.717, 1.165) is 57.8 Å². The average molecular weight is 663 g/mol. The molecule has 0 aromatic rings. The van der Waals surface area contributed by atoms with Gasteiger partial charge in [0.05, 0.1) is 27.7 Å². The van der Waals surface area contributed by atoms with Crippen LogP contribution in [-0.4, -0.2) is 74.9 Å². The van der Waals surface area contributed by atoms with Crippen LogP contribution in [0.5, 0.6) is 0 Å². The highest BCUT2D eigenvalue weighted by atomic mass is 31.2. The molecule has 0 radical (unpaired) electrons. The Morgan fingerprint density at radius 2 is 1.16 bits per heavy atom. The van der Waals surface area contributed by atoms with E-state index in [9.17, 15) is 19.0 Å². The van der Waals surface area contributed by atoms with E-state index in [1.165, 1.54) is 57.8 Å². The number of likely N-dealkylation sites (N-methyl/N-ethyl adjacent to an activating group) is 1. The molecular weight excluding hydrogens is 593 g/mol. The summed E-state index contributed by atoms with van der Waals surface area (Å²) in [4.78, 5) is 35.0. The summed E-state index contributed by atoms with van der Waals surface area (Å²) in [5.41, 5.74) is 0. The fraction of sp³-hybridized carbons (Fsp3) is 0.886. The van der Waals surface area contributed by atoms with E-state index in [4.69, 9.17) is 18.5 Å². The van der Waals surface area contributed by atoms with Crippen LogP contribution in [0.15, 0.2) is 12.2 Å². The third-order valence-electron chi connectivity index (χ3n) is 7.55. The molecule has 0 bridgehead atoms. The summed E-state index contributed by atoms with van der Waals surface area (Å²) in [5.74, 6) is -0.811. The van der Waals surface area contributed by atoms with Crippen LogP contribution in [0.25, 0.3) is 0 Å². The number of esters is 2. The van der Waals surface area contributed by atoms with Crippen LogP contribution in [0.4, 0.5) is 0 Å². The Labute approximate surface area is 276 Å². The van der Waals surface area contributed by atoms with Crippen molar-refractivity contribution >= 4 is 19.8 Å². The molecule has 266 valence electrons. The van der Waals surface area contributed by atoms with Crippen LogP contribution in [0, 0.1) is 0 Å². The van der Waals surface area contributed by atoms with Crippen molar-refractivity contribution in [2.45, 2.75) is 155 Å². The second-order valence-electron chi connectivity index (χ2n) is 13.3. The van der Waals surface area contributed by atoms with Crippen LogP contribution in [0.3, 0.4) is 0 Å². The van der Waals surface area contributed by atoms with Crippen molar-refractivity contribution in [3.63, 3.8) is 0 Å². The molecule has 45 heavy (non-hydrogen) atoms. The lowest BCUT2D eigenvalue weighted by atomic mass is 10.1. The van der Waals surface area contributed by atoms with Crippen molar-refractivity contribution in [1.82, 2.24) is 0 Å². The van der Waals surface area contributed by atoms with Gasteiger partial charge in [0.2, 0.25) is 0 Å². The molecule has 9 nitrogen and oxygen atoms in total. The predicted octanol–water partition coefficient (Wildman–Crippen LogP) is 9.07. The first-order chi connectivity index (χ1) is 21.5. The minimum Gasteiger partial charge on any atom is -0.462 e. The monoisotopic (exact) mass is 662 g/mol. The molecule has 1 N–H and O–H groups in total. The molecule has 0 aromatic heterocycles. The lowest BCUT2D eigenvalue weighted by Gasteiger charge is -2.24. The molecule has 0 aliphatic rings. The number of phosphoric ester groups is 1. The Morgan fingerprint density at radius 1 is 0.667 bits per heavy atom. The first-order valence-corrected chi connectivity index (χ1v) is 19.4. The van der Waals surface area contributed by atoms with E-state index < -0.39 is 26.5 Å². The quantitative estimate of drug-likeness (QED) is 0.0250. The van der Waals surface area contributed by atoms with Crippen LogP contribution in [0.2, 0.25) is 0 Å². The molecule has 0 heterocycles. The van der Waals surface area contributed by atoms with Crippen LogP contribution < -0.4 is 0 Å². The number of allylic oxidation sites excluding steroid dienone is 2. The van der Waals surface area contributed by atoms with E-state index >= 15 is 0 Å². The number of unbranched alkanes of at least 4 members (excludes halogenated alkanes) is 16. The van der Waals surface area contributed by atoms with E-state index in [1.54, 1.807) is 0 Å².